The fourth-order valence-electron chi connectivity index (χ4n) is 2.37. The molecule has 1 N–H and O–H groups in total. The molecule has 1 saturated heterocycles. The van der Waals surface area contributed by atoms with Gasteiger partial charge >= 0.3 is 5.97 Å². The predicted molar refractivity (Wildman–Crippen MR) is 68.3 cm³/mol. The third-order valence-corrected chi connectivity index (χ3v) is 3.45. The average molecular weight is 284 g/mol. The predicted octanol–water partition coefficient (Wildman–Crippen LogP) is 1.94. The van der Waals surface area contributed by atoms with Crippen molar-refractivity contribution in [2.75, 3.05) is 26.9 Å². The first-order valence-corrected chi connectivity index (χ1v) is 6.34. The molecule has 0 aromatic heterocycles. The maximum absolute atomic E-state index is 13.7. The molecule has 1 aromatic rings. The molecule has 5 nitrogen and oxygen atoms in total. The van der Waals surface area contributed by atoms with Gasteiger partial charge in [0, 0.05) is 39.2 Å². The lowest BCUT2D eigenvalue weighted by molar-refractivity contribution is -0.139. The SMILES string of the molecule is COC1(c2cc(F)cc(OCC(=O)O)c2)CCOCC1. The van der Waals surface area contributed by atoms with Crippen LogP contribution in [0.3, 0.4) is 0 Å². The van der Waals surface area contributed by atoms with E-state index in [2.05, 4.69) is 0 Å². The summed E-state index contributed by atoms with van der Waals surface area (Å²) in [5, 5.41) is 8.60. The number of methoxy groups -OCH3 is 1. The van der Waals surface area contributed by atoms with Gasteiger partial charge in [-0.2, -0.15) is 0 Å². The second kappa shape index (κ2) is 6.19. The van der Waals surface area contributed by atoms with Crippen molar-refractivity contribution in [2.24, 2.45) is 0 Å². The number of aliphatic carboxylic acids is 1. The third kappa shape index (κ3) is 3.26. The summed E-state index contributed by atoms with van der Waals surface area (Å²) in [6, 6.07) is 4.18. The van der Waals surface area contributed by atoms with E-state index in [9.17, 15) is 9.18 Å². The summed E-state index contributed by atoms with van der Waals surface area (Å²) in [6.07, 6.45) is 1.23. The van der Waals surface area contributed by atoms with Crippen LogP contribution < -0.4 is 4.74 Å². The summed E-state index contributed by atoms with van der Waals surface area (Å²) in [6.45, 7) is 0.567. The Hall–Kier alpha value is -1.66. The number of hydrogen-bond donors (Lipinski definition) is 1. The summed E-state index contributed by atoms with van der Waals surface area (Å²) in [5.74, 6) is -1.40. The van der Waals surface area contributed by atoms with Gasteiger partial charge in [-0.15, -0.1) is 0 Å². The normalized spacial score (nSPS) is 17.7. The number of carboxylic acids is 1. The van der Waals surface area contributed by atoms with Crippen LogP contribution in [0.5, 0.6) is 5.75 Å². The van der Waals surface area contributed by atoms with Crippen molar-refractivity contribution in [3.63, 3.8) is 0 Å². The first-order chi connectivity index (χ1) is 9.55. The first-order valence-electron chi connectivity index (χ1n) is 6.34. The van der Waals surface area contributed by atoms with Crippen LogP contribution in [0.4, 0.5) is 4.39 Å². The van der Waals surface area contributed by atoms with Crippen LogP contribution in [-0.2, 0) is 19.9 Å². The van der Waals surface area contributed by atoms with Gasteiger partial charge in [0.15, 0.2) is 6.61 Å². The number of ether oxygens (including phenoxy) is 3. The molecule has 0 amide bonds. The Morgan fingerprint density at radius 2 is 2.10 bits per heavy atom. The van der Waals surface area contributed by atoms with E-state index in [0.717, 1.165) is 6.07 Å². The van der Waals surface area contributed by atoms with Crippen LogP contribution in [0.2, 0.25) is 0 Å². The Bertz CT molecular complexity index is 482. The summed E-state index contributed by atoms with van der Waals surface area (Å²) >= 11 is 0. The quantitative estimate of drug-likeness (QED) is 0.895. The number of carboxylic acid groups (broad SMARTS) is 1. The molecule has 6 heteroatoms. The van der Waals surface area contributed by atoms with Crippen LogP contribution in [0.25, 0.3) is 0 Å². The van der Waals surface area contributed by atoms with E-state index in [-0.39, 0.29) is 5.75 Å². The minimum Gasteiger partial charge on any atom is -0.482 e. The minimum atomic E-state index is -1.11. The lowest BCUT2D eigenvalue weighted by atomic mass is 9.86. The molecule has 1 fully saturated rings. The topological polar surface area (TPSA) is 65.0 Å². The first kappa shape index (κ1) is 14.7. The van der Waals surface area contributed by atoms with Gasteiger partial charge in [0.25, 0.3) is 0 Å². The van der Waals surface area contributed by atoms with Crippen LogP contribution in [0.15, 0.2) is 18.2 Å². The van der Waals surface area contributed by atoms with Crippen molar-refractivity contribution in [1.29, 1.82) is 0 Å². The maximum atomic E-state index is 13.7. The molecule has 1 aromatic carbocycles. The Balaban J connectivity index is 2.27. The van der Waals surface area contributed by atoms with Gasteiger partial charge in [-0.25, -0.2) is 9.18 Å². The molecule has 1 aliphatic heterocycles. The highest BCUT2D eigenvalue weighted by molar-refractivity contribution is 5.68. The molecule has 0 bridgehead atoms. The van der Waals surface area contributed by atoms with Gasteiger partial charge in [0.1, 0.15) is 11.6 Å². The molecule has 0 aliphatic carbocycles. The van der Waals surface area contributed by atoms with E-state index in [0.29, 0.717) is 31.6 Å². The highest BCUT2D eigenvalue weighted by atomic mass is 19.1. The Labute approximate surface area is 116 Å². The molecule has 2 rings (SSSR count). The zero-order valence-electron chi connectivity index (χ0n) is 11.2. The fraction of sp³-hybridized carbons (Fsp3) is 0.500. The minimum absolute atomic E-state index is 0.185. The van der Waals surface area contributed by atoms with E-state index in [4.69, 9.17) is 19.3 Å². The molecule has 0 unspecified atom stereocenters. The molecule has 20 heavy (non-hydrogen) atoms. The molecular formula is C14H17FO5. The highest BCUT2D eigenvalue weighted by Gasteiger charge is 2.35. The second-order valence-electron chi connectivity index (χ2n) is 4.67. The molecule has 0 atom stereocenters. The zero-order valence-corrected chi connectivity index (χ0v) is 11.2. The van der Waals surface area contributed by atoms with Gasteiger partial charge < -0.3 is 19.3 Å². The van der Waals surface area contributed by atoms with E-state index >= 15 is 0 Å². The number of carbonyl (C=O) groups is 1. The van der Waals surface area contributed by atoms with Crippen molar-refractivity contribution in [3.05, 3.63) is 29.6 Å². The van der Waals surface area contributed by atoms with Crippen molar-refractivity contribution >= 4 is 5.97 Å². The van der Waals surface area contributed by atoms with Crippen molar-refractivity contribution in [1.82, 2.24) is 0 Å². The molecule has 1 heterocycles. The smallest absolute Gasteiger partial charge is 0.341 e. The molecular weight excluding hydrogens is 267 g/mol. The molecule has 0 radical (unpaired) electrons. The zero-order chi connectivity index (χ0) is 14.6. The summed E-state index contributed by atoms with van der Waals surface area (Å²) in [5.41, 5.74) is 0.0329. The number of rotatable bonds is 5. The fourth-order valence-corrected chi connectivity index (χ4v) is 2.37. The van der Waals surface area contributed by atoms with Crippen LogP contribution >= 0.6 is 0 Å². The summed E-state index contributed by atoms with van der Waals surface area (Å²) in [7, 11) is 1.58. The monoisotopic (exact) mass is 284 g/mol. The summed E-state index contributed by atoms with van der Waals surface area (Å²) < 4.78 is 29.6. The Morgan fingerprint density at radius 3 is 2.70 bits per heavy atom. The molecule has 1 aliphatic rings. The van der Waals surface area contributed by atoms with Crippen molar-refractivity contribution < 1.29 is 28.5 Å². The number of halogens is 1. The number of benzene rings is 1. The highest BCUT2D eigenvalue weighted by Crippen LogP contribution is 2.37. The second-order valence-corrected chi connectivity index (χ2v) is 4.67. The average Bonchev–Trinajstić information content (AvgIpc) is 2.45. The van der Waals surface area contributed by atoms with E-state index < -0.39 is 24.0 Å². The van der Waals surface area contributed by atoms with Crippen LogP contribution in [0.1, 0.15) is 18.4 Å². The van der Waals surface area contributed by atoms with Crippen molar-refractivity contribution in [3.8, 4) is 5.75 Å². The van der Waals surface area contributed by atoms with Crippen LogP contribution in [0, 0.1) is 5.82 Å². The molecule has 0 saturated carbocycles. The lowest BCUT2D eigenvalue weighted by Gasteiger charge is -2.36. The van der Waals surface area contributed by atoms with Crippen LogP contribution in [-0.4, -0.2) is 38.0 Å². The standard InChI is InChI=1S/C14H17FO5/c1-18-14(2-4-19-5-3-14)10-6-11(15)8-12(7-10)20-9-13(16)17/h6-8H,2-5,9H2,1H3,(H,16,17). The molecule has 0 spiro atoms. The van der Waals surface area contributed by atoms with Gasteiger partial charge in [0.2, 0.25) is 0 Å². The maximum Gasteiger partial charge on any atom is 0.341 e. The van der Waals surface area contributed by atoms with Gasteiger partial charge in [0.05, 0.1) is 5.60 Å². The Morgan fingerprint density at radius 1 is 1.40 bits per heavy atom. The lowest BCUT2D eigenvalue weighted by Crippen LogP contribution is -2.35. The van der Waals surface area contributed by atoms with Gasteiger partial charge in [-0.1, -0.05) is 0 Å². The van der Waals surface area contributed by atoms with Gasteiger partial charge in [-0.05, 0) is 17.7 Å². The van der Waals surface area contributed by atoms with E-state index in [1.165, 1.54) is 6.07 Å². The van der Waals surface area contributed by atoms with Crippen molar-refractivity contribution in [2.45, 2.75) is 18.4 Å². The Kier molecular flexibility index (Phi) is 4.57. The van der Waals surface area contributed by atoms with Gasteiger partial charge in [-0.3, -0.25) is 0 Å². The third-order valence-electron chi connectivity index (χ3n) is 3.45. The summed E-state index contributed by atoms with van der Waals surface area (Å²) in [4.78, 5) is 10.5. The van der Waals surface area contributed by atoms with E-state index in [1.807, 2.05) is 0 Å². The molecule has 110 valence electrons. The largest absolute Gasteiger partial charge is 0.482 e. The van der Waals surface area contributed by atoms with E-state index in [1.54, 1.807) is 13.2 Å². The number of hydrogen-bond acceptors (Lipinski definition) is 4.